The molecule has 2 atom stereocenters. The lowest BCUT2D eigenvalue weighted by Crippen LogP contribution is -2.45. The van der Waals surface area contributed by atoms with E-state index >= 15 is 0 Å². The molecule has 0 fully saturated rings. The summed E-state index contributed by atoms with van der Waals surface area (Å²) in [6.07, 6.45) is 28.7. The minimum Gasteiger partial charge on any atom is -0.396 e. The van der Waals surface area contributed by atoms with Gasteiger partial charge in [-0.2, -0.15) is 0 Å². The minimum absolute atomic E-state index is 0.109. The zero-order chi connectivity index (χ0) is 39.6. The second-order valence-corrected chi connectivity index (χ2v) is 17.7. The molecule has 2 unspecified atom stereocenters. The van der Waals surface area contributed by atoms with Gasteiger partial charge >= 0.3 is 15.6 Å². The first-order valence-corrected chi connectivity index (χ1v) is 23.8. The van der Waals surface area contributed by atoms with Crippen LogP contribution in [-0.2, 0) is 32.4 Å². The van der Waals surface area contributed by atoms with Gasteiger partial charge in [0.05, 0.1) is 63.7 Å². The summed E-state index contributed by atoms with van der Waals surface area (Å²) in [7, 11) is -9.75. The van der Waals surface area contributed by atoms with Gasteiger partial charge in [-0.25, -0.2) is 9.13 Å². The molecule has 0 aromatic rings. The molecule has 0 aliphatic rings. The Balaban J connectivity index is 4.81. The Kier molecular flexibility index (Phi) is 34.1. The number of hydrogen-bond donors (Lipinski definition) is 6. The molecule has 0 aliphatic heterocycles. The fourth-order valence-electron chi connectivity index (χ4n) is 6.12. The van der Waals surface area contributed by atoms with E-state index in [2.05, 4.69) is 13.8 Å². The summed E-state index contributed by atoms with van der Waals surface area (Å²) in [4.78, 5) is 37.4. The van der Waals surface area contributed by atoms with Gasteiger partial charge in [0.25, 0.3) is 0 Å². The number of phosphoric ester groups is 2. The van der Waals surface area contributed by atoms with Crippen molar-refractivity contribution in [2.75, 3.05) is 66.1 Å². The summed E-state index contributed by atoms with van der Waals surface area (Å²) in [5.74, 6) is 0. The van der Waals surface area contributed by atoms with Crippen molar-refractivity contribution in [3.05, 3.63) is 0 Å². The van der Waals surface area contributed by atoms with Gasteiger partial charge in [-0.05, 0) is 12.8 Å². The third-order valence-corrected chi connectivity index (χ3v) is 10.6. The third kappa shape index (κ3) is 33.8. The largest absolute Gasteiger partial charge is 0.469 e. The zero-order valence-corrected chi connectivity index (χ0v) is 35.3. The highest BCUT2D eigenvalue weighted by Crippen LogP contribution is 2.40. The maximum absolute atomic E-state index is 11.5. The van der Waals surface area contributed by atoms with Gasteiger partial charge in [0, 0.05) is 13.2 Å². The number of hydrogen-bond acceptors (Lipinski definition) is 9. The molecule has 13 nitrogen and oxygen atoms in total. The fraction of sp³-hybridized carbons (Fsp3) is 1.00. The van der Waals surface area contributed by atoms with Crippen molar-refractivity contribution < 1.29 is 62.2 Å². The molecule has 0 amide bonds. The number of unbranched alkanes of at least 4 members (excludes halogenated alkanes) is 22. The quantitative estimate of drug-likeness (QED) is 0.0253. The highest BCUT2D eigenvalue weighted by atomic mass is 31.2. The highest BCUT2D eigenvalue weighted by Gasteiger charge is 2.38. The van der Waals surface area contributed by atoms with Crippen LogP contribution in [0.15, 0.2) is 0 Å². The van der Waals surface area contributed by atoms with E-state index in [-0.39, 0.29) is 26.4 Å². The van der Waals surface area contributed by atoms with E-state index in [9.17, 15) is 38.9 Å². The van der Waals surface area contributed by atoms with Gasteiger partial charge < -0.3 is 44.0 Å². The van der Waals surface area contributed by atoms with Crippen LogP contribution >= 0.6 is 15.6 Å². The fourth-order valence-corrected chi connectivity index (χ4v) is 7.00. The summed E-state index contributed by atoms with van der Waals surface area (Å²) in [5, 5.41) is 20.6. The minimum atomic E-state index is -4.88. The average molecular weight is 807 g/mol. The molecule has 0 saturated carbocycles. The lowest BCUT2D eigenvalue weighted by Gasteiger charge is -2.35. The zero-order valence-electron chi connectivity index (χ0n) is 33.5. The molecule has 0 radical (unpaired) electrons. The molecule has 0 rings (SSSR count). The van der Waals surface area contributed by atoms with Crippen LogP contribution in [0.3, 0.4) is 0 Å². The summed E-state index contributed by atoms with van der Waals surface area (Å²) < 4.78 is 50.1. The molecular weight excluding hydrogens is 726 g/mol. The first kappa shape index (κ1) is 53.0. The van der Waals surface area contributed by atoms with E-state index in [0.29, 0.717) is 13.2 Å². The molecule has 0 aliphatic carbocycles. The van der Waals surface area contributed by atoms with Gasteiger partial charge in [-0.15, -0.1) is 0 Å². The normalized spacial score (nSPS) is 14.8. The number of rotatable bonds is 42. The molecule has 0 aromatic carbocycles. The first-order valence-electron chi connectivity index (χ1n) is 20.7. The van der Waals surface area contributed by atoms with E-state index in [0.717, 1.165) is 38.5 Å². The second kappa shape index (κ2) is 34.1. The predicted molar refractivity (Wildman–Crippen MR) is 210 cm³/mol. The Morgan fingerprint density at radius 2 is 0.623 bits per heavy atom. The maximum atomic E-state index is 11.5. The van der Waals surface area contributed by atoms with Gasteiger partial charge in [-0.3, -0.25) is 9.05 Å². The third-order valence-electron chi connectivity index (χ3n) is 9.67. The Hall–Kier alpha value is 0.0200. The Morgan fingerprint density at radius 3 is 0.868 bits per heavy atom. The average Bonchev–Trinajstić information content (AvgIpc) is 3.12. The Labute approximate surface area is 322 Å². The number of phosphoric acid groups is 2. The van der Waals surface area contributed by atoms with Gasteiger partial charge in [0.1, 0.15) is 0 Å². The van der Waals surface area contributed by atoms with Crippen molar-refractivity contribution in [3.63, 3.8) is 0 Å². The standard InChI is InChI=1S/C38H80O13P2/c1-3-5-7-9-11-13-15-17-19-21-23-25-27-47-31-37(29-39,35-50-52(41,42)43)33-49-34-38(30-40,36-51-53(44,45)46)32-48-28-26-24-22-20-18-16-14-12-10-8-6-4-2/h39-40H,3-36H2,1-2H3,(H2,41,42,43)(H2,44,45,46). The van der Waals surface area contributed by atoms with Crippen LogP contribution in [-0.4, -0.2) is 95.9 Å². The molecule has 0 bridgehead atoms. The van der Waals surface area contributed by atoms with Crippen LogP contribution in [0.5, 0.6) is 0 Å². The van der Waals surface area contributed by atoms with Gasteiger partial charge in [0.2, 0.25) is 0 Å². The maximum Gasteiger partial charge on any atom is 0.469 e. The lowest BCUT2D eigenvalue weighted by molar-refractivity contribution is -0.116. The van der Waals surface area contributed by atoms with E-state index in [1.165, 1.54) is 116 Å². The van der Waals surface area contributed by atoms with Crippen molar-refractivity contribution in [1.29, 1.82) is 0 Å². The van der Waals surface area contributed by atoms with Crippen LogP contribution in [0.1, 0.15) is 168 Å². The molecule has 320 valence electrons. The summed E-state index contributed by atoms with van der Waals surface area (Å²) >= 11 is 0. The highest BCUT2D eigenvalue weighted by molar-refractivity contribution is 7.46. The molecule has 0 saturated heterocycles. The summed E-state index contributed by atoms with van der Waals surface area (Å²) in [6, 6.07) is 0. The number of aliphatic hydroxyl groups excluding tert-OH is 2. The SMILES string of the molecule is CCCCCCCCCCCCCCOCC(CO)(COCC(CO)(COCCCCCCCCCCCCCC)COP(=O)(O)O)COP(=O)(O)O. The van der Waals surface area contributed by atoms with Crippen LogP contribution < -0.4 is 0 Å². The van der Waals surface area contributed by atoms with Crippen LogP contribution in [0.2, 0.25) is 0 Å². The van der Waals surface area contributed by atoms with E-state index in [4.69, 9.17) is 23.3 Å². The molecule has 0 aromatic heterocycles. The number of aliphatic hydroxyl groups is 2. The lowest BCUT2D eigenvalue weighted by atomic mass is 9.90. The summed E-state index contributed by atoms with van der Waals surface area (Å²) in [6.45, 7) is 2.17. The van der Waals surface area contributed by atoms with Crippen molar-refractivity contribution in [2.24, 2.45) is 10.8 Å². The van der Waals surface area contributed by atoms with Crippen LogP contribution in [0.25, 0.3) is 0 Å². The first-order chi connectivity index (χ1) is 25.4. The molecule has 0 spiro atoms. The van der Waals surface area contributed by atoms with Crippen molar-refractivity contribution in [3.8, 4) is 0 Å². The van der Waals surface area contributed by atoms with E-state index in [1.807, 2.05) is 0 Å². The predicted octanol–water partition coefficient (Wildman–Crippen LogP) is 8.61. The topological polar surface area (TPSA) is 202 Å². The molecule has 15 heteroatoms. The van der Waals surface area contributed by atoms with Crippen LogP contribution in [0.4, 0.5) is 0 Å². The van der Waals surface area contributed by atoms with Crippen molar-refractivity contribution in [1.82, 2.24) is 0 Å². The molecule has 53 heavy (non-hydrogen) atoms. The summed E-state index contributed by atoms with van der Waals surface area (Å²) in [5.41, 5.74) is -2.70. The van der Waals surface area contributed by atoms with Gasteiger partial charge in [-0.1, -0.05) is 155 Å². The molecule has 0 heterocycles. The van der Waals surface area contributed by atoms with Crippen LogP contribution in [0, 0.1) is 10.8 Å². The smallest absolute Gasteiger partial charge is 0.396 e. The molecule has 6 N–H and O–H groups in total. The van der Waals surface area contributed by atoms with Crippen molar-refractivity contribution >= 4 is 15.6 Å². The monoisotopic (exact) mass is 807 g/mol. The molecular formula is C38H80O13P2. The van der Waals surface area contributed by atoms with E-state index < -0.39 is 52.9 Å². The second-order valence-electron chi connectivity index (χ2n) is 15.2. The van der Waals surface area contributed by atoms with E-state index in [1.54, 1.807) is 0 Å². The van der Waals surface area contributed by atoms with Gasteiger partial charge in [0.15, 0.2) is 0 Å². The Bertz CT molecular complexity index is 833. The number of ether oxygens (including phenoxy) is 3. The van der Waals surface area contributed by atoms with Crippen molar-refractivity contribution in [2.45, 2.75) is 168 Å². The Morgan fingerprint density at radius 1 is 0.377 bits per heavy atom.